The topological polar surface area (TPSA) is 64.1 Å². The molecule has 2 aromatic carbocycles. The highest BCUT2D eigenvalue weighted by Crippen LogP contribution is 2.21. The van der Waals surface area contributed by atoms with E-state index >= 15 is 0 Å². The first-order valence-electron chi connectivity index (χ1n) is 7.61. The molecule has 0 fully saturated rings. The molecule has 0 saturated carbocycles. The van der Waals surface area contributed by atoms with Crippen molar-refractivity contribution in [1.29, 1.82) is 0 Å². The summed E-state index contributed by atoms with van der Waals surface area (Å²) in [5.41, 5.74) is 3.80. The summed E-state index contributed by atoms with van der Waals surface area (Å²) in [7, 11) is 0. The van der Waals surface area contributed by atoms with Crippen LogP contribution in [0.2, 0.25) is 5.02 Å². The van der Waals surface area contributed by atoms with Gasteiger partial charge >= 0.3 is 0 Å². The lowest BCUT2D eigenvalue weighted by atomic mass is 10.1. The maximum absolute atomic E-state index is 12.5. The van der Waals surface area contributed by atoms with E-state index in [0.717, 1.165) is 34.4 Å². The fraction of sp³-hybridized carbons (Fsp3) is 0.167. The van der Waals surface area contributed by atoms with Crippen LogP contribution in [0.3, 0.4) is 0 Å². The molecule has 128 valence electrons. The SMILES string of the molecule is Cc1cc(Cl)ccc1NC(=O)c1cccc(OCc2nsnc2C)c1. The molecule has 0 aliphatic carbocycles. The van der Waals surface area contributed by atoms with Gasteiger partial charge in [0.05, 0.1) is 17.4 Å². The van der Waals surface area contributed by atoms with Crippen LogP contribution >= 0.6 is 23.3 Å². The first-order valence-corrected chi connectivity index (χ1v) is 8.72. The molecule has 0 spiro atoms. The van der Waals surface area contributed by atoms with E-state index in [9.17, 15) is 4.79 Å². The zero-order chi connectivity index (χ0) is 17.8. The first-order chi connectivity index (χ1) is 12.0. The summed E-state index contributed by atoms with van der Waals surface area (Å²) >= 11 is 7.10. The molecular weight excluding hydrogens is 358 g/mol. The fourth-order valence-corrected chi connectivity index (χ4v) is 3.00. The van der Waals surface area contributed by atoms with Gasteiger partial charge in [-0.1, -0.05) is 17.7 Å². The third-order valence-electron chi connectivity index (χ3n) is 3.65. The summed E-state index contributed by atoms with van der Waals surface area (Å²) in [5.74, 6) is 0.398. The van der Waals surface area contributed by atoms with Gasteiger partial charge in [0.2, 0.25) is 0 Å². The number of anilines is 1. The predicted octanol–water partition coefficient (Wildman–Crippen LogP) is 4.64. The molecule has 3 aromatic rings. The summed E-state index contributed by atoms with van der Waals surface area (Å²) in [6.45, 7) is 4.11. The van der Waals surface area contributed by atoms with E-state index in [0.29, 0.717) is 22.9 Å². The van der Waals surface area contributed by atoms with Crippen LogP contribution in [0.4, 0.5) is 5.69 Å². The molecule has 0 atom stereocenters. The molecule has 0 radical (unpaired) electrons. The third kappa shape index (κ3) is 4.35. The summed E-state index contributed by atoms with van der Waals surface area (Å²) in [4.78, 5) is 12.5. The second kappa shape index (κ2) is 7.63. The van der Waals surface area contributed by atoms with E-state index in [1.165, 1.54) is 0 Å². The minimum absolute atomic E-state index is 0.206. The van der Waals surface area contributed by atoms with Crippen molar-refractivity contribution in [3.8, 4) is 5.75 Å². The number of ether oxygens (including phenoxy) is 1. The summed E-state index contributed by atoms with van der Waals surface area (Å²) in [6.07, 6.45) is 0. The normalized spacial score (nSPS) is 10.5. The molecule has 0 unspecified atom stereocenters. The van der Waals surface area contributed by atoms with Gasteiger partial charge in [-0.25, -0.2) is 0 Å². The Labute approximate surface area is 154 Å². The Balaban J connectivity index is 1.70. The van der Waals surface area contributed by atoms with Gasteiger partial charge in [-0.15, -0.1) is 0 Å². The molecule has 0 aliphatic heterocycles. The van der Waals surface area contributed by atoms with Crippen molar-refractivity contribution in [1.82, 2.24) is 8.75 Å². The summed E-state index contributed by atoms with van der Waals surface area (Å²) in [5, 5.41) is 3.52. The zero-order valence-electron chi connectivity index (χ0n) is 13.7. The van der Waals surface area contributed by atoms with Crippen LogP contribution in [0.1, 0.15) is 27.3 Å². The molecule has 5 nitrogen and oxygen atoms in total. The van der Waals surface area contributed by atoms with Gasteiger partial charge in [-0.05, 0) is 55.8 Å². The Bertz CT molecular complexity index is 911. The van der Waals surface area contributed by atoms with E-state index in [1.807, 2.05) is 13.8 Å². The Morgan fingerprint density at radius 3 is 2.76 bits per heavy atom. The standard InChI is InChI=1S/C18H16ClN3O2S/c1-11-8-14(19)6-7-16(11)20-18(23)13-4-3-5-15(9-13)24-10-17-12(2)21-25-22-17/h3-9H,10H2,1-2H3,(H,20,23). The molecule has 0 aliphatic rings. The quantitative estimate of drug-likeness (QED) is 0.707. The minimum atomic E-state index is -0.206. The molecule has 1 heterocycles. The highest BCUT2D eigenvalue weighted by Gasteiger charge is 2.10. The van der Waals surface area contributed by atoms with Gasteiger partial charge < -0.3 is 10.1 Å². The van der Waals surface area contributed by atoms with E-state index in [4.69, 9.17) is 16.3 Å². The molecule has 25 heavy (non-hydrogen) atoms. The highest BCUT2D eigenvalue weighted by molar-refractivity contribution is 6.99. The van der Waals surface area contributed by atoms with Gasteiger partial charge in [0.1, 0.15) is 18.1 Å². The zero-order valence-corrected chi connectivity index (χ0v) is 15.3. The van der Waals surface area contributed by atoms with Crippen molar-refractivity contribution >= 4 is 34.9 Å². The van der Waals surface area contributed by atoms with Crippen LogP contribution in [0.25, 0.3) is 0 Å². The molecular formula is C18H16ClN3O2S. The number of aryl methyl sites for hydroxylation is 2. The van der Waals surface area contributed by atoms with Crippen LogP contribution in [0.5, 0.6) is 5.75 Å². The number of amides is 1. The predicted molar refractivity (Wildman–Crippen MR) is 99.6 cm³/mol. The average molecular weight is 374 g/mol. The highest BCUT2D eigenvalue weighted by atomic mass is 35.5. The molecule has 0 saturated heterocycles. The number of hydrogen-bond donors (Lipinski definition) is 1. The van der Waals surface area contributed by atoms with E-state index in [-0.39, 0.29) is 5.91 Å². The summed E-state index contributed by atoms with van der Waals surface area (Å²) in [6, 6.07) is 12.4. The van der Waals surface area contributed by atoms with Crippen LogP contribution in [-0.4, -0.2) is 14.7 Å². The van der Waals surface area contributed by atoms with Gasteiger partial charge in [-0.2, -0.15) is 8.75 Å². The van der Waals surface area contributed by atoms with Gasteiger partial charge in [-0.3, -0.25) is 4.79 Å². The lowest BCUT2D eigenvalue weighted by Crippen LogP contribution is -2.12. The Morgan fingerprint density at radius 1 is 1.20 bits per heavy atom. The molecule has 1 N–H and O–H groups in total. The number of benzene rings is 2. The lowest BCUT2D eigenvalue weighted by molar-refractivity contribution is 0.102. The second-order valence-corrected chi connectivity index (χ2v) is 6.49. The van der Waals surface area contributed by atoms with Gasteiger partial charge in [0.15, 0.2) is 0 Å². The van der Waals surface area contributed by atoms with Gasteiger partial charge in [0, 0.05) is 16.3 Å². The molecule has 1 amide bonds. The maximum Gasteiger partial charge on any atom is 0.255 e. The van der Waals surface area contributed by atoms with E-state index in [2.05, 4.69) is 14.1 Å². The molecule has 3 rings (SSSR count). The maximum atomic E-state index is 12.5. The number of carbonyl (C=O) groups excluding carboxylic acids is 1. The number of rotatable bonds is 5. The van der Waals surface area contributed by atoms with Crippen molar-refractivity contribution in [3.63, 3.8) is 0 Å². The fourth-order valence-electron chi connectivity index (χ4n) is 2.22. The van der Waals surface area contributed by atoms with Crippen LogP contribution < -0.4 is 10.1 Å². The van der Waals surface area contributed by atoms with E-state index in [1.54, 1.807) is 42.5 Å². The monoisotopic (exact) mass is 373 g/mol. The van der Waals surface area contributed by atoms with Crippen LogP contribution in [-0.2, 0) is 6.61 Å². The van der Waals surface area contributed by atoms with Crippen LogP contribution in [0.15, 0.2) is 42.5 Å². The molecule has 0 bridgehead atoms. The molecule has 7 heteroatoms. The van der Waals surface area contributed by atoms with Crippen molar-refractivity contribution in [2.24, 2.45) is 0 Å². The smallest absolute Gasteiger partial charge is 0.255 e. The number of carbonyl (C=O) groups is 1. The Kier molecular flexibility index (Phi) is 5.31. The van der Waals surface area contributed by atoms with Crippen molar-refractivity contribution in [2.75, 3.05) is 5.32 Å². The Morgan fingerprint density at radius 2 is 2.04 bits per heavy atom. The number of hydrogen-bond acceptors (Lipinski definition) is 5. The number of nitrogens with one attached hydrogen (secondary N) is 1. The average Bonchev–Trinajstić information content (AvgIpc) is 3.01. The van der Waals surface area contributed by atoms with Crippen LogP contribution in [0, 0.1) is 13.8 Å². The number of nitrogens with zero attached hydrogens (tertiary/aromatic N) is 2. The summed E-state index contributed by atoms with van der Waals surface area (Å²) < 4.78 is 14.0. The molecule has 1 aromatic heterocycles. The number of halogens is 1. The minimum Gasteiger partial charge on any atom is -0.487 e. The second-order valence-electron chi connectivity index (χ2n) is 5.53. The Hall–Kier alpha value is -2.44. The largest absolute Gasteiger partial charge is 0.487 e. The van der Waals surface area contributed by atoms with Crippen molar-refractivity contribution in [2.45, 2.75) is 20.5 Å². The lowest BCUT2D eigenvalue weighted by Gasteiger charge is -2.10. The van der Waals surface area contributed by atoms with E-state index < -0.39 is 0 Å². The third-order valence-corrected chi connectivity index (χ3v) is 4.55. The van der Waals surface area contributed by atoms with Crippen molar-refractivity contribution < 1.29 is 9.53 Å². The first kappa shape index (κ1) is 17.4. The van der Waals surface area contributed by atoms with Gasteiger partial charge in [0.25, 0.3) is 5.91 Å². The number of aromatic nitrogens is 2. The van der Waals surface area contributed by atoms with Crippen molar-refractivity contribution in [3.05, 3.63) is 70.0 Å².